The van der Waals surface area contributed by atoms with Gasteiger partial charge in [0, 0.05) is 37.8 Å². The van der Waals surface area contributed by atoms with Crippen LogP contribution in [0.3, 0.4) is 0 Å². The molecule has 0 radical (unpaired) electrons. The fourth-order valence-electron chi connectivity index (χ4n) is 3.91. The largest absolute Gasteiger partial charge is 0.491 e. The summed E-state index contributed by atoms with van der Waals surface area (Å²) in [6, 6.07) is 5.98. The molecule has 2 atom stereocenters. The van der Waals surface area contributed by atoms with Gasteiger partial charge >= 0.3 is 6.18 Å². The monoisotopic (exact) mass is 442 g/mol. The molecule has 2 N–H and O–H groups in total. The van der Waals surface area contributed by atoms with E-state index < -0.39 is 12.7 Å². The molecule has 31 heavy (non-hydrogen) atoms. The van der Waals surface area contributed by atoms with Crippen LogP contribution in [-0.2, 0) is 11.3 Å². The molecule has 2 aliphatic heterocycles. The van der Waals surface area contributed by atoms with E-state index in [1.807, 2.05) is 32.0 Å². The SMILES string of the molecule is CCNC(=NCc1ccc(C)cc1OCC1CCCO1)NC1CCN(CC(F)(F)F)C1. The van der Waals surface area contributed by atoms with Crippen molar-refractivity contribution >= 4 is 5.96 Å². The van der Waals surface area contributed by atoms with E-state index in [2.05, 4.69) is 15.6 Å². The van der Waals surface area contributed by atoms with Crippen molar-refractivity contribution in [3.63, 3.8) is 0 Å². The van der Waals surface area contributed by atoms with Crippen molar-refractivity contribution in [3.8, 4) is 5.75 Å². The molecule has 2 saturated heterocycles. The molecule has 2 heterocycles. The van der Waals surface area contributed by atoms with Gasteiger partial charge in [0.2, 0.25) is 0 Å². The Morgan fingerprint density at radius 1 is 1.32 bits per heavy atom. The number of aliphatic imine (C=N–C) groups is 1. The van der Waals surface area contributed by atoms with E-state index in [4.69, 9.17) is 9.47 Å². The number of guanidine groups is 1. The molecule has 6 nitrogen and oxygen atoms in total. The van der Waals surface area contributed by atoms with Gasteiger partial charge in [0.15, 0.2) is 5.96 Å². The number of likely N-dealkylation sites (tertiary alicyclic amines) is 1. The molecule has 2 fully saturated rings. The third-order valence-corrected chi connectivity index (χ3v) is 5.44. The second kappa shape index (κ2) is 11.0. The molecule has 3 rings (SSSR count). The lowest BCUT2D eigenvalue weighted by Crippen LogP contribution is -2.45. The van der Waals surface area contributed by atoms with Gasteiger partial charge in [-0.15, -0.1) is 0 Å². The van der Waals surface area contributed by atoms with Crippen molar-refractivity contribution in [2.75, 3.05) is 39.4 Å². The minimum absolute atomic E-state index is 0.0617. The van der Waals surface area contributed by atoms with Crippen LogP contribution >= 0.6 is 0 Å². The number of hydrogen-bond donors (Lipinski definition) is 2. The van der Waals surface area contributed by atoms with Gasteiger partial charge in [0.1, 0.15) is 12.4 Å². The number of halogens is 3. The van der Waals surface area contributed by atoms with E-state index in [0.29, 0.717) is 45.2 Å². The third kappa shape index (κ3) is 7.88. The number of nitrogens with zero attached hydrogens (tertiary/aromatic N) is 2. The molecule has 0 spiro atoms. The van der Waals surface area contributed by atoms with Gasteiger partial charge in [-0.2, -0.15) is 13.2 Å². The Kier molecular flexibility index (Phi) is 8.43. The summed E-state index contributed by atoms with van der Waals surface area (Å²) >= 11 is 0. The van der Waals surface area contributed by atoms with Crippen LogP contribution in [0.25, 0.3) is 0 Å². The fourth-order valence-corrected chi connectivity index (χ4v) is 3.91. The summed E-state index contributed by atoms with van der Waals surface area (Å²) in [5, 5.41) is 6.47. The molecule has 0 bridgehead atoms. The first-order valence-electron chi connectivity index (χ1n) is 11.0. The zero-order chi connectivity index (χ0) is 22.3. The first-order valence-corrected chi connectivity index (χ1v) is 11.0. The van der Waals surface area contributed by atoms with Crippen LogP contribution in [-0.4, -0.2) is 68.6 Å². The summed E-state index contributed by atoms with van der Waals surface area (Å²) in [4.78, 5) is 6.09. The van der Waals surface area contributed by atoms with E-state index in [-0.39, 0.29) is 12.1 Å². The molecule has 0 aliphatic carbocycles. The summed E-state index contributed by atoms with van der Waals surface area (Å²) in [7, 11) is 0. The summed E-state index contributed by atoms with van der Waals surface area (Å²) in [5.74, 6) is 1.40. The number of aryl methyl sites for hydroxylation is 1. The lowest BCUT2D eigenvalue weighted by Gasteiger charge is -2.20. The highest BCUT2D eigenvalue weighted by Crippen LogP contribution is 2.23. The van der Waals surface area contributed by atoms with Crippen LogP contribution in [0.1, 0.15) is 37.3 Å². The zero-order valence-electron chi connectivity index (χ0n) is 18.3. The molecule has 2 aliphatic rings. The van der Waals surface area contributed by atoms with Gasteiger partial charge in [-0.3, -0.25) is 4.90 Å². The number of benzene rings is 1. The Labute approximate surface area is 182 Å². The quantitative estimate of drug-likeness (QED) is 0.478. The van der Waals surface area contributed by atoms with E-state index in [1.165, 1.54) is 4.90 Å². The number of nitrogens with one attached hydrogen (secondary N) is 2. The smallest absolute Gasteiger partial charge is 0.401 e. The van der Waals surface area contributed by atoms with Crippen LogP contribution < -0.4 is 15.4 Å². The van der Waals surface area contributed by atoms with Gasteiger partial charge in [-0.25, -0.2) is 4.99 Å². The Morgan fingerprint density at radius 3 is 2.87 bits per heavy atom. The predicted molar refractivity (Wildman–Crippen MR) is 114 cm³/mol. The molecule has 9 heteroatoms. The number of hydrogen-bond acceptors (Lipinski definition) is 4. The lowest BCUT2D eigenvalue weighted by molar-refractivity contribution is -0.143. The second-order valence-corrected chi connectivity index (χ2v) is 8.23. The lowest BCUT2D eigenvalue weighted by atomic mass is 10.1. The molecule has 2 unspecified atom stereocenters. The molecule has 0 aromatic heterocycles. The number of rotatable bonds is 8. The predicted octanol–water partition coefficient (Wildman–Crippen LogP) is 3.24. The average molecular weight is 443 g/mol. The second-order valence-electron chi connectivity index (χ2n) is 8.23. The van der Waals surface area contributed by atoms with Gasteiger partial charge in [0.25, 0.3) is 0 Å². The van der Waals surface area contributed by atoms with Gasteiger partial charge < -0.3 is 20.1 Å². The van der Waals surface area contributed by atoms with Crippen molar-refractivity contribution in [1.82, 2.24) is 15.5 Å². The Balaban J connectivity index is 1.59. The fraction of sp³-hybridized carbons (Fsp3) is 0.682. The Morgan fingerprint density at radius 2 is 2.16 bits per heavy atom. The maximum Gasteiger partial charge on any atom is 0.401 e. The average Bonchev–Trinajstić information content (AvgIpc) is 3.36. The highest BCUT2D eigenvalue weighted by atomic mass is 19.4. The highest BCUT2D eigenvalue weighted by molar-refractivity contribution is 5.80. The van der Waals surface area contributed by atoms with Crippen LogP contribution in [0, 0.1) is 6.92 Å². The summed E-state index contributed by atoms with van der Waals surface area (Å²) in [6.45, 7) is 6.28. The molecule has 1 aromatic rings. The van der Waals surface area contributed by atoms with Crippen LogP contribution in [0.4, 0.5) is 13.2 Å². The van der Waals surface area contributed by atoms with Crippen molar-refractivity contribution in [1.29, 1.82) is 0 Å². The first-order chi connectivity index (χ1) is 14.8. The summed E-state index contributed by atoms with van der Waals surface area (Å²) < 4.78 is 49.6. The maximum atomic E-state index is 12.6. The van der Waals surface area contributed by atoms with Gasteiger partial charge in [0.05, 0.1) is 19.2 Å². The molecular formula is C22H33F3N4O2. The molecule has 0 amide bonds. The molecule has 0 saturated carbocycles. The number of alkyl halides is 3. The van der Waals surface area contributed by atoms with E-state index >= 15 is 0 Å². The van der Waals surface area contributed by atoms with Crippen LogP contribution in [0.15, 0.2) is 23.2 Å². The Hall–Kier alpha value is -2.00. The topological polar surface area (TPSA) is 58.1 Å². The number of ether oxygens (including phenoxy) is 2. The maximum absolute atomic E-state index is 12.6. The minimum Gasteiger partial charge on any atom is -0.491 e. The normalized spacial score (nSPS) is 22.7. The van der Waals surface area contributed by atoms with Crippen LogP contribution in [0.5, 0.6) is 5.75 Å². The zero-order valence-corrected chi connectivity index (χ0v) is 18.3. The van der Waals surface area contributed by atoms with Crippen molar-refractivity contribution < 1.29 is 22.6 Å². The molecular weight excluding hydrogens is 409 g/mol. The molecule has 174 valence electrons. The highest BCUT2D eigenvalue weighted by Gasteiger charge is 2.34. The minimum atomic E-state index is -4.17. The van der Waals surface area contributed by atoms with Gasteiger partial charge in [-0.1, -0.05) is 12.1 Å². The van der Waals surface area contributed by atoms with Crippen molar-refractivity contribution in [3.05, 3.63) is 29.3 Å². The van der Waals surface area contributed by atoms with E-state index in [9.17, 15) is 13.2 Å². The van der Waals surface area contributed by atoms with E-state index in [1.54, 1.807) is 0 Å². The first kappa shape index (κ1) is 23.7. The van der Waals surface area contributed by atoms with Crippen molar-refractivity contribution in [2.45, 2.75) is 58.0 Å². The summed E-state index contributed by atoms with van der Waals surface area (Å²) in [6.07, 6.45) is -1.30. The van der Waals surface area contributed by atoms with E-state index in [0.717, 1.165) is 36.3 Å². The summed E-state index contributed by atoms with van der Waals surface area (Å²) in [5.41, 5.74) is 2.07. The Bertz CT molecular complexity index is 736. The third-order valence-electron chi connectivity index (χ3n) is 5.44. The molecule has 1 aromatic carbocycles. The standard InChI is InChI=1S/C22H33F3N4O2/c1-3-26-21(28-18-8-9-29(13-18)15-22(23,24)25)27-12-17-7-6-16(2)11-20(17)31-14-19-5-4-10-30-19/h6-7,11,18-19H,3-5,8-10,12-15H2,1-2H3,(H2,26,27,28). The van der Waals surface area contributed by atoms with Crippen molar-refractivity contribution in [2.24, 2.45) is 4.99 Å². The van der Waals surface area contributed by atoms with Crippen LogP contribution in [0.2, 0.25) is 0 Å². The van der Waals surface area contributed by atoms with Gasteiger partial charge in [-0.05, 0) is 44.7 Å².